The van der Waals surface area contributed by atoms with Crippen molar-refractivity contribution in [3.05, 3.63) is 0 Å². The van der Waals surface area contributed by atoms with Crippen molar-refractivity contribution in [2.24, 2.45) is 11.8 Å². The third kappa shape index (κ3) is 4.87. The van der Waals surface area contributed by atoms with Crippen LogP contribution in [0.4, 0.5) is 87.8 Å². The highest BCUT2D eigenvalue weighted by atomic mass is 19.4. The summed E-state index contributed by atoms with van der Waals surface area (Å²) in [7, 11) is 0. The van der Waals surface area contributed by atoms with Crippen LogP contribution in [0, 0.1) is 11.8 Å². The molecule has 0 nitrogen and oxygen atoms in total. The summed E-state index contributed by atoms with van der Waals surface area (Å²) in [6.07, 6.45) is -5.06. The van der Waals surface area contributed by atoms with Crippen molar-refractivity contribution in [1.82, 2.24) is 0 Å². The van der Waals surface area contributed by atoms with Crippen molar-refractivity contribution < 1.29 is 87.8 Å². The molecule has 0 aliphatic carbocycles. The maximum atomic E-state index is 13.8. The first-order chi connectivity index (χ1) is 16.1. The Morgan fingerprint density at radius 2 is 0.421 bits per heavy atom. The Hall–Kier alpha value is -1.40. The number of rotatable bonds is 13. The normalized spacial score (nSPS) is 16.6. The van der Waals surface area contributed by atoms with E-state index in [9.17, 15) is 87.8 Å². The van der Waals surface area contributed by atoms with Crippen molar-refractivity contribution in [3.63, 3.8) is 0 Å². The van der Waals surface area contributed by atoms with Gasteiger partial charge in [0.15, 0.2) is 0 Å². The van der Waals surface area contributed by atoms with Crippen LogP contribution >= 0.6 is 0 Å². The van der Waals surface area contributed by atoms with Crippen LogP contribution in [0.15, 0.2) is 0 Å². The second kappa shape index (κ2) is 9.61. The molecule has 0 rings (SSSR count). The van der Waals surface area contributed by atoms with Gasteiger partial charge in [-0.25, -0.2) is 0 Å². The average molecular weight is 614 g/mol. The van der Waals surface area contributed by atoms with Crippen LogP contribution in [0.2, 0.25) is 0 Å². The Morgan fingerprint density at radius 3 is 0.553 bits per heavy atom. The maximum absolute atomic E-state index is 13.8. The largest absolute Gasteiger partial charge is 0.385 e. The van der Waals surface area contributed by atoms with Gasteiger partial charge in [0, 0.05) is 12.8 Å². The van der Waals surface area contributed by atoms with E-state index in [1.54, 1.807) is 0 Å². The van der Waals surface area contributed by atoms with Crippen molar-refractivity contribution in [3.8, 4) is 0 Å². The van der Waals surface area contributed by atoms with Crippen LogP contribution in [-0.4, -0.2) is 59.2 Å². The average Bonchev–Trinajstić information content (AvgIpc) is 2.64. The lowest BCUT2D eigenvalue weighted by Gasteiger charge is -2.45. The minimum Gasteiger partial charge on any atom is -0.200 e. The Labute approximate surface area is 200 Å². The van der Waals surface area contributed by atoms with E-state index in [1.807, 2.05) is 0 Å². The van der Waals surface area contributed by atoms with Crippen LogP contribution < -0.4 is 0 Å². The molecule has 0 heterocycles. The fraction of sp³-hybridized carbons (Fsp3) is 1.00. The standard InChI is InChI=1S/C18H18F20/c1-7(2)5-9(19,20)11(23,24)13(27,28)15(31,32)17(35,36)18(37,38)16(33,34)14(29,30)12(25,26)10(21,22)6-8(3)4/h7-8H,5-6H2,1-4H3. The van der Waals surface area contributed by atoms with Gasteiger partial charge in [-0.15, -0.1) is 0 Å². The van der Waals surface area contributed by atoms with Gasteiger partial charge in [0.1, 0.15) is 0 Å². The number of halogens is 20. The van der Waals surface area contributed by atoms with Crippen molar-refractivity contribution in [2.75, 3.05) is 0 Å². The highest BCUT2D eigenvalue weighted by Crippen LogP contribution is 2.66. The molecule has 0 aromatic rings. The first-order valence-corrected chi connectivity index (χ1v) is 9.86. The topological polar surface area (TPSA) is 0 Å². The summed E-state index contributed by atoms with van der Waals surface area (Å²) >= 11 is 0. The molecule has 0 aromatic heterocycles. The minimum atomic E-state index is -8.98. The molecule has 0 atom stereocenters. The molecule has 0 N–H and O–H groups in total. The van der Waals surface area contributed by atoms with E-state index >= 15 is 0 Å². The molecule has 0 aliphatic heterocycles. The summed E-state index contributed by atoms with van der Waals surface area (Å²) < 4.78 is 274. The number of hydrogen-bond donors (Lipinski definition) is 0. The molecule has 0 unspecified atom stereocenters. The van der Waals surface area contributed by atoms with Crippen LogP contribution in [0.3, 0.4) is 0 Å². The third-order valence-electron chi connectivity index (χ3n) is 5.01. The zero-order valence-corrected chi connectivity index (χ0v) is 19.1. The van der Waals surface area contributed by atoms with E-state index in [2.05, 4.69) is 0 Å². The lowest BCUT2D eigenvalue weighted by molar-refractivity contribution is -0.469. The molecule has 0 amide bonds. The van der Waals surface area contributed by atoms with Crippen molar-refractivity contribution in [1.29, 1.82) is 0 Å². The van der Waals surface area contributed by atoms with Gasteiger partial charge in [-0.1, -0.05) is 27.7 Å². The van der Waals surface area contributed by atoms with Gasteiger partial charge in [0.05, 0.1) is 0 Å². The molecule has 0 saturated heterocycles. The second-order valence-corrected chi connectivity index (χ2v) is 9.20. The van der Waals surface area contributed by atoms with Crippen molar-refractivity contribution >= 4 is 0 Å². The molecule has 0 aliphatic rings. The Kier molecular flexibility index (Phi) is 9.25. The van der Waals surface area contributed by atoms with Crippen LogP contribution in [0.5, 0.6) is 0 Å². The van der Waals surface area contributed by atoms with Gasteiger partial charge < -0.3 is 0 Å². The first-order valence-electron chi connectivity index (χ1n) is 9.86. The third-order valence-corrected chi connectivity index (χ3v) is 5.01. The Bertz CT molecular complexity index is 754. The van der Waals surface area contributed by atoms with E-state index in [4.69, 9.17) is 0 Å². The number of alkyl halides is 20. The highest BCUT2D eigenvalue weighted by molar-refractivity contribution is 5.18. The summed E-state index contributed by atoms with van der Waals surface area (Å²) in [4.78, 5) is 0. The molecule has 0 spiro atoms. The maximum Gasteiger partial charge on any atom is 0.385 e. The molecule has 20 heteroatoms. The van der Waals surface area contributed by atoms with Crippen LogP contribution in [-0.2, 0) is 0 Å². The predicted octanol–water partition coefficient (Wildman–Crippen LogP) is 9.43. The van der Waals surface area contributed by atoms with Gasteiger partial charge in [0.2, 0.25) is 0 Å². The molecule has 38 heavy (non-hydrogen) atoms. The Balaban J connectivity index is 7.07. The van der Waals surface area contributed by atoms with Crippen LogP contribution in [0.25, 0.3) is 0 Å². The monoisotopic (exact) mass is 614 g/mol. The van der Waals surface area contributed by atoms with E-state index in [0.717, 1.165) is 0 Å². The summed E-state index contributed by atoms with van der Waals surface area (Å²) in [5, 5.41) is 0. The molecule has 0 radical (unpaired) electrons. The van der Waals surface area contributed by atoms with E-state index in [1.165, 1.54) is 0 Å². The Morgan fingerprint density at radius 1 is 0.289 bits per heavy atom. The molecule has 230 valence electrons. The number of hydrogen-bond acceptors (Lipinski definition) is 0. The van der Waals surface area contributed by atoms with Gasteiger partial charge in [-0.2, -0.15) is 87.8 Å². The first kappa shape index (κ1) is 36.6. The fourth-order valence-corrected chi connectivity index (χ4v) is 2.92. The summed E-state index contributed by atoms with van der Waals surface area (Å²) in [6, 6.07) is 0. The molecule has 0 aromatic carbocycles. The molecule has 0 fully saturated rings. The quantitative estimate of drug-likeness (QED) is 0.182. The molecule has 0 saturated carbocycles. The summed E-state index contributed by atoms with van der Waals surface area (Å²) in [5.41, 5.74) is 0. The van der Waals surface area contributed by atoms with Gasteiger partial charge >= 0.3 is 59.2 Å². The minimum absolute atomic E-state index is 0.556. The molecular formula is C18H18F20. The van der Waals surface area contributed by atoms with Crippen molar-refractivity contribution in [2.45, 2.75) is 99.8 Å². The lowest BCUT2D eigenvalue weighted by atomic mass is 9.83. The molecular weight excluding hydrogens is 596 g/mol. The van der Waals surface area contributed by atoms with E-state index in [0.29, 0.717) is 27.7 Å². The van der Waals surface area contributed by atoms with E-state index in [-0.39, 0.29) is 0 Å². The van der Waals surface area contributed by atoms with Gasteiger partial charge in [0.25, 0.3) is 0 Å². The van der Waals surface area contributed by atoms with Crippen LogP contribution in [0.1, 0.15) is 40.5 Å². The lowest BCUT2D eigenvalue weighted by Crippen LogP contribution is -2.77. The van der Waals surface area contributed by atoms with Gasteiger partial charge in [-0.3, -0.25) is 0 Å². The summed E-state index contributed by atoms with van der Waals surface area (Å²) in [5.74, 6) is -84.6. The second-order valence-electron chi connectivity index (χ2n) is 9.20. The predicted molar refractivity (Wildman–Crippen MR) is 88.4 cm³/mol. The molecule has 0 bridgehead atoms. The SMILES string of the molecule is CC(C)CC(F)(F)C(F)(F)C(F)(F)C(F)(F)C(F)(F)C(F)(F)C(F)(F)C(F)(F)C(F)(F)C(F)(F)CC(C)C. The zero-order valence-electron chi connectivity index (χ0n) is 19.1. The van der Waals surface area contributed by atoms with E-state index < -0.39 is 83.9 Å². The smallest absolute Gasteiger partial charge is 0.200 e. The summed E-state index contributed by atoms with van der Waals surface area (Å²) in [6.45, 7) is 2.23. The highest BCUT2D eigenvalue weighted by Gasteiger charge is 2.97. The zero-order chi connectivity index (χ0) is 31.6. The van der Waals surface area contributed by atoms with Gasteiger partial charge in [-0.05, 0) is 11.8 Å². The fourth-order valence-electron chi connectivity index (χ4n) is 2.92.